The first-order chi connectivity index (χ1) is 13.5. The van der Waals surface area contributed by atoms with Gasteiger partial charge in [0, 0.05) is 32.4 Å². The van der Waals surface area contributed by atoms with Crippen LogP contribution in [0.2, 0.25) is 0 Å². The summed E-state index contributed by atoms with van der Waals surface area (Å²) >= 11 is 0. The number of carbonyl (C=O) groups is 2. The zero-order valence-electron chi connectivity index (χ0n) is 16.7. The van der Waals surface area contributed by atoms with Crippen LogP contribution < -0.4 is 10.2 Å². The lowest BCUT2D eigenvalue weighted by Crippen LogP contribution is -2.67. The Morgan fingerprint density at radius 2 is 1.93 bits per heavy atom. The molecule has 0 aromatic heterocycles. The summed E-state index contributed by atoms with van der Waals surface area (Å²) in [4.78, 5) is 33.6. The second-order valence-electron chi connectivity index (χ2n) is 7.80. The molecular formula is C20H29N5O3. The first kappa shape index (κ1) is 19.2. The van der Waals surface area contributed by atoms with Crippen molar-refractivity contribution in [2.45, 2.75) is 32.3 Å². The van der Waals surface area contributed by atoms with E-state index in [9.17, 15) is 9.59 Å². The first-order valence-corrected chi connectivity index (χ1v) is 10.0. The molecule has 3 amide bonds. The van der Waals surface area contributed by atoms with E-state index in [1.54, 1.807) is 11.9 Å². The van der Waals surface area contributed by atoms with Gasteiger partial charge in [-0.25, -0.2) is 4.79 Å². The number of amides is 3. The van der Waals surface area contributed by atoms with Gasteiger partial charge in [0.15, 0.2) is 0 Å². The number of benzene rings is 1. The van der Waals surface area contributed by atoms with Crippen molar-refractivity contribution < 1.29 is 14.3 Å². The molecule has 4 atom stereocenters. The van der Waals surface area contributed by atoms with Crippen molar-refractivity contribution in [1.29, 1.82) is 0 Å². The Bertz CT molecular complexity index is 730. The largest absolute Gasteiger partial charge is 0.380 e. The molecule has 0 radical (unpaired) electrons. The third-order valence-corrected chi connectivity index (χ3v) is 5.84. The van der Waals surface area contributed by atoms with Crippen LogP contribution in [0.25, 0.3) is 0 Å². The molecule has 3 heterocycles. The van der Waals surface area contributed by atoms with E-state index in [0.717, 1.165) is 18.8 Å². The molecule has 3 aliphatic heterocycles. The number of likely N-dealkylation sites (N-methyl/N-ethyl adjacent to an activating group) is 1. The normalized spacial score (nSPS) is 30.6. The molecule has 0 bridgehead atoms. The van der Waals surface area contributed by atoms with Crippen molar-refractivity contribution in [2.75, 3.05) is 44.8 Å². The number of nitrogens with zero attached hydrogens (tertiary/aromatic N) is 4. The van der Waals surface area contributed by atoms with Crippen LogP contribution in [0.15, 0.2) is 30.3 Å². The molecule has 3 aliphatic rings. The second kappa shape index (κ2) is 7.69. The van der Waals surface area contributed by atoms with Gasteiger partial charge in [0.1, 0.15) is 18.5 Å². The quantitative estimate of drug-likeness (QED) is 0.759. The Morgan fingerprint density at radius 3 is 2.64 bits per heavy atom. The minimum atomic E-state index is -0.386. The number of ether oxygens (including phenoxy) is 1. The summed E-state index contributed by atoms with van der Waals surface area (Å²) in [5, 5.41) is 3.54. The number of urea groups is 1. The van der Waals surface area contributed by atoms with Crippen molar-refractivity contribution in [1.82, 2.24) is 20.0 Å². The number of anilines is 1. The minimum Gasteiger partial charge on any atom is -0.380 e. The number of hydrogen-bond acceptors (Lipinski definition) is 6. The van der Waals surface area contributed by atoms with Gasteiger partial charge in [-0.2, -0.15) is 0 Å². The van der Waals surface area contributed by atoms with E-state index in [0.29, 0.717) is 19.1 Å². The van der Waals surface area contributed by atoms with Gasteiger partial charge in [0.25, 0.3) is 5.91 Å². The van der Waals surface area contributed by atoms with Crippen molar-refractivity contribution in [3.63, 3.8) is 0 Å². The highest BCUT2D eigenvalue weighted by atomic mass is 16.5. The monoisotopic (exact) mass is 387 g/mol. The third kappa shape index (κ3) is 3.15. The van der Waals surface area contributed by atoms with E-state index in [1.807, 2.05) is 25.1 Å². The lowest BCUT2D eigenvalue weighted by Gasteiger charge is -2.46. The standard InChI is InChI=1S/C20H29N5O3/c1-4-28-11-10-23-18(26)16-17(22(3)20(23)27)21-19-24(12-14(2)13-25(16)19)15-8-6-5-7-9-15/h5-9,14,16-17,19,21H,4,10-13H2,1-3H3. The van der Waals surface area contributed by atoms with E-state index < -0.39 is 0 Å². The molecule has 8 heteroatoms. The number of imide groups is 1. The zero-order valence-corrected chi connectivity index (χ0v) is 16.7. The van der Waals surface area contributed by atoms with E-state index in [4.69, 9.17) is 4.74 Å². The van der Waals surface area contributed by atoms with Gasteiger partial charge in [0.05, 0.1) is 13.2 Å². The van der Waals surface area contributed by atoms with Crippen LogP contribution in [0, 0.1) is 5.92 Å². The van der Waals surface area contributed by atoms with Gasteiger partial charge in [-0.05, 0) is 25.0 Å². The van der Waals surface area contributed by atoms with Crippen LogP contribution in [-0.2, 0) is 9.53 Å². The van der Waals surface area contributed by atoms with E-state index in [2.05, 4.69) is 34.2 Å². The van der Waals surface area contributed by atoms with Crippen molar-refractivity contribution >= 4 is 17.6 Å². The SMILES string of the molecule is CCOCCN1C(=O)C2C(NC3N(c4ccccc4)CC(C)CN23)N(C)C1=O. The van der Waals surface area contributed by atoms with Gasteiger partial charge < -0.3 is 14.5 Å². The fraction of sp³-hybridized carbons (Fsp3) is 0.600. The molecule has 1 N–H and O–H groups in total. The average Bonchev–Trinajstić information content (AvgIpc) is 3.08. The summed E-state index contributed by atoms with van der Waals surface area (Å²) < 4.78 is 5.38. The van der Waals surface area contributed by atoms with Crippen LogP contribution in [0.3, 0.4) is 0 Å². The maximum absolute atomic E-state index is 13.3. The number of carbonyl (C=O) groups excluding carboxylic acids is 2. The summed E-state index contributed by atoms with van der Waals surface area (Å²) in [5.41, 5.74) is 1.12. The zero-order chi connectivity index (χ0) is 19.8. The number of para-hydroxylation sites is 1. The van der Waals surface area contributed by atoms with Gasteiger partial charge in [0.2, 0.25) is 0 Å². The summed E-state index contributed by atoms with van der Waals surface area (Å²) in [7, 11) is 1.77. The summed E-state index contributed by atoms with van der Waals surface area (Å²) in [6.07, 6.45) is -0.440. The highest BCUT2D eigenvalue weighted by Crippen LogP contribution is 2.34. The minimum absolute atomic E-state index is 0.111. The molecule has 0 saturated carbocycles. The third-order valence-electron chi connectivity index (χ3n) is 5.84. The Kier molecular flexibility index (Phi) is 5.27. The molecule has 0 aliphatic carbocycles. The number of hydrogen-bond donors (Lipinski definition) is 1. The van der Waals surface area contributed by atoms with Crippen molar-refractivity contribution in [3.8, 4) is 0 Å². The molecule has 4 rings (SSSR count). The Hall–Kier alpha value is -2.16. The predicted molar refractivity (Wildman–Crippen MR) is 106 cm³/mol. The smallest absolute Gasteiger partial charge is 0.327 e. The molecule has 4 unspecified atom stereocenters. The fourth-order valence-corrected chi connectivity index (χ4v) is 4.54. The van der Waals surface area contributed by atoms with E-state index in [-0.39, 0.29) is 37.0 Å². The first-order valence-electron chi connectivity index (χ1n) is 10.0. The number of fused-ring (bicyclic) bond motifs is 3. The topological polar surface area (TPSA) is 68.4 Å². The Labute approximate surface area is 166 Å². The van der Waals surface area contributed by atoms with Crippen LogP contribution in [0.5, 0.6) is 0 Å². The van der Waals surface area contributed by atoms with E-state index in [1.165, 1.54) is 4.90 Å². The molecule has 1 aromatic carbocycles. The van der Waals surface area contributed by atoms with Gasteiger partial charge in [-0.15, -0.1) is 0 Å². The molecular weight excluding hydrogens is 358 g/mol. The molecule has 3 saturated heterocycles. The number of rotatable bonds is 5. The van der Waals surface area contributed by atoms with Crippen molar-refractivity contribution in [3.05, 3.63) is 30.3 Å². The summed E-state index contributed by atoms with van der Waals surface area (Å²) in [5.74, 6) is 0.273. The summed E-state index contributed by atoms with van der Waals surface area (Å²) in [6, 6.07) is 9.58. The van der Waals surface area contributed by atoms with Crippen LogP contribution in [0.4, 0.5) is 10.5 Å². The van der Waals surface area contributed by atoms with Crippen LogP contribution in [-0.4, -0.2) is 85.0 Å². The van der Waals surface area contributed by atoms with Gasteiger partial charge in [-0.3, -0.25) is 19.9 Å². The Morgan fingerprint density at radius 1 is 1.18 bits per heavy atom. The fourth-order valence-electron chi connectivity index (χ4n) is 4.54. The molecule has 28 heavy (non-hydrogen) atoms. The maximum Gasteiger partial charge on any atom is 0.327 e. The highest BCUT2D eigenvalue weighted by molar-refractivity contribution is 6.00. The molecule has 3 fully saturated rings. The lowest BCUT2D eigenvalue weighted by atomic mass is 10.0. The second-order valence-corrected chi connectivity index (χ2v) is 7.80. The van der Waals surface area contributed by atoms with Gasteiger partial charge >= 0.3 is 6.03 Å². The number of nitrogens with one attached hydrogen (secondary N) is 1. The molecule has 1 aromatic rings. The Balaban J connectivity index is 1.61. The molecule has 152 valence electrons. The predicted octanol–water partition coefficient (Wildman–Crippen LogP) is 0.957. The maximum atomic E-state index is 13.3. The van der Waals surface area contributed by atoms with E-state index >= 15 is 0 Å². The van der Waals surface area contributed by atoms with Crippen LogP contribution in [0.1, 0.15) is 13.8 Å². The van der Waals surface area contributed by atoms with Crippen molar-refractivity contribution in [2.24, 2.45) is 5.92 Å². The molecule has 8 nitrogen and oxygen atoms in total. The van der Waals surface area contributed by atoms with Gasteiger partial charge in [-0.1, -0.05) is 25.1 Å². The average molecular weight is 387 g/mol. The van der Waals surface area contributed by atoms with Crippen LogP contribution >= 0.6 is 0 Å². The lowest BCUT2D eigenvalue weighted by molar-refractivity contribution is -0.139. The molecule has 0 spiro atoms. The highest BCUT2D eigenvalue weighted by Gasteiger charge is 2.56. The summed E-state index contributed by atoms with van der Waals surface area (Å²) in [6.45, 7) is 7.04.